The van der Waals surface area contributed by atoms with Crippen LogP contribution in [0.2, 0.25) is 0 Å². The maximum absolute atomic E-state index is 13.2. The van der Waals surface area contributed by atoms with Crippen LogP contribution in [-0.4, -0.2) is 10.9 Å². The van der Waals surface area contributed by atoms with E-state index in [0.717, 1.165) is 43.9 Å². The number of fused-ring (bicyclic) bond motifs is 1. The molecule has 0 aliphatic carbocycles. The SMILES string of the molecule is Cc1ccccc1NC(=O)c1sc2nc(-c3ccccc3)cc(-c3ccccc3)c2c1N. The Kier molecular flexibility index (Phi) is 5.17. The van der Waals surface area contributed by atoms with E-state index in [2.05, 4.69) is 11.4 Å². The molecular formula is C27H21N3OS. The Morgan fingerprint density at radius 1 is 0.875 bits per heavy atom. The van der Waals surface area contributed by atoms with Crippen LogP contribution in [0.25, 0.3) is 32.6 Å². The summed E-state index contributed by atoms with van der Waals surface area (Å²) in [5, 5.41) is 3.81. The monoisotopic (exact) mass is 435 g/mol. The number of amides is 1. The molecule has 0 spiro atoms. The first-order valence-corrected chi connectivity index (χ1v) is 11.1. The lowest BCUT2D eigenvalue weighted by Gasteiger charge is -2.09. The van der Waals surface area contributed by atoms with Gasteiger partial charge in [-0.05, 0) is 35.7 Å². The second kappa shape index (κ2) is 8.29. The largest absolute Gasteiger partial charge is 0.397 e. The minimum Gasteiger partial charge on any atom is -0.397 e. The molecule has 4 nitrogen and oxygen atoms in total. The molecule has 5 heteroatoms. The van der Waals surface area contributed by atoms with E-state index >= 15 is 0 Å². The number of para-hydroxylation sites is 1. The van der Waals surface area contributed by atoms with Gasteiger partial charge in [0.05, 0.1) is 11.4 Å². The van der Waals surface area contributed by atoms with Crippen molar-refractivity contribution in [1.29, 1.82) is 0 Å². The number of carbonyl (C=O) groups is 1. The Morgan fingerprint density at radius 3 is 2.19 bits per heavy atom. The number of hydrogen-bond acceptors (Lipinski definition) is 4. The number of nitrogens with zero attached hydrogens (tertiary/aromatic N) is 1. The zero-order chi connectivity index (χ0) is 22.1. The number of rotatable bonds is 4. The molecule has 0 aliphatic rings. The average Bonchev–Trinajstić information content (AvgIpc) is 3.17. The molecule has 2 aromatic heterocycles. The maximum Gasteiger partial charge on any atom is 0.267 e. The zero-order valence-corrected chi connectivity index (χ0v) is 18.3. The molecule has 32 heavy (non-hydrogen) atoms. The van der Waals surface area contributed by atoms with E-state index in [-0.39, 0.29) is 5.91 Å². The molecule has 0 bridgehead atoms. The van der Waals surface area contributed by atoms with Crippen molar-refractivity contribution in [1.82, 2.24) is 4.98 Å². The summed E-state index contributed by atoms with van der Waals surface area (Å²) in [6, 6.07) is 29.9. The fourth-order valence-corrected chi connectivity index (χ4v) is 4.80. The third-order valence-electron chi connectivity index (χ3n) is 5.45. The van der Waals surface area contributed by atoms with E-state index < -0.39 is 0 Å². The molecule has 5 aromatic rings. The number of hydrogen-bond donors (Lipinski definition) is 2. The Hall–Kier alpha value is -3.96. The first-order valence-electron chi connectivity index (χ1n) is 10.3. The van der Waals surface area contributed by atoms with Crippen molar-refractivity contribution in [3.05, 3.63) is 101 Å². The number of nitrogens with two attached hydrogens (primary N) is 1. The summed E-state index contributed by atoms with van der Waals surface area (Å²) in [7, 11) is 0. The summed E-state index contributed by atoms with van der Waals surface area (Å²) in [5.41, 5.74) is 12.7. The average molecular weight is 436 g/mol. The third-order valence-corrected chi connectivity index (χ3v) is 6.55. The predicted octanol–water partition coefficient (Wildman–Crippen LogP) is 6.77. The lowest BCUT2D eigenvalue weighted by molar-refractivity contribution is 0.103. The molecule has 156 valence electrons. The van der Waals surface area contributed by atoms with Gasteiger partial charge in [-0.15, -0.1) is 11.3 Å². The van der Waals surface area contributed by atoms with Crippen LogP contribution < -0.4 is 11.1 Å². The number of thiophene rings is 1. The number of aryl methyl sites for hydroxylation is 1. The Balaban J connectivity index is 1.68. The highest BCUT2D eigenvalue weighted by Gasteiger charge is 2.22. The van der Waals surface area contributed by atoms with E-state index in [1.807, 2.05) is 91.9 Å². The summed E-state index contributed by atoms with van der Waals surface area (Å²) in [4.78, 5) is 19.2. The first-order chi connectivity index (χ1) is 15.6. The Bertz CT molecular complexity index is 1430. The van der Waals surface area contributed by atoms with Crippen molar-refractivity contribution in [2.45, 2.75) is 6.92 Å². The van der Waals surface area contributed by atoms with Gasteiger partial charge in [0, 0.05) is 16.6 Å². The van der Waals surface area contributed by atoms with E-state index in [1.54, 1.807) is 0 Å². The lowest BCUT2D eigenvalue weighted by atomic mass is 9.99. The van der Waals surface area contributed by atoms with Gasteiger partial charge in [-0.1, -0.05) is 78.9 Å². The molecule has 0 saturated carbocycles. The van der Waals surface area contributed by atoms with Crippen LogP contribution in [0.3, 0.4) is 0 Å². The van der Waals surface area contributed by atoms with Gasteiger partial charge < -0.3 is 11.1 Å². The molecule has 3 N–H and O–H groups in total. The van der Waals surface area contributed by atoms with Crippen LogP contribution in [0.4, 0.5) is 11.4 Å². The molecule has 0 fully saturated rings. The second-order valence-corrected chi connectivity index (χ2v) is 8.58. The van der Waals surface area contributed by atoms with Crippen molar-refractivity contribution in [3.8, 4) is 22.4 Å². The molecule has 2 heterocycles. The van der Waals surface area contributed by atoms with Crippen molar-refractivity contribution in [2.75, 3.05) is 11.1 Å². The summed E-state index contributed by atoms with van der Waals surface area (Å²) in [5.74, 6) is -0.222. The second-order valence-electron chi connectivity index (χ2n) is 7.58. The highest BCUT2D eigenvalue weighted by molar-refractivity contribution is 7.21. The number of nitrogens with one attached hydrogen (secondary N) is 1. The molecule has 5 rings (SSSR count). The third kappa shape index (κ3) is 3.63. The number of aromatic nitrogens is 1. The maximum atomic E-state index is 13.2. The summed E-state index contributed by atoms with van der Waals surface area (Å²) in [6.07, 6.45) is 0. The topological polar surface area (TPSA) is 68.0 Å². The van der Waals surface area contributed by atoms with Crippen LogP contribution in [0.1, 0.15) is 15.2 Å². The van der Waals surface area contributed by atoms with Gasteiger partial charge in [0.1, 0.15) is 9.71 Å². The highest BCUT2D eigenvalue weighted by Crippen LogP contribution is 2.41. The van der Waals surface area contributed by atoms with Gasteiger partial charge >= 0.3 is 0 Å². The molecular weight excluding hydrogens is 414 g/mol. The fraction of sp³-hybridized carbons (Fsp3) is 0.0370. The number of carbonyl (C=O) groups excluding carboxylic acids is 1. The fourth-order valence-electron chi connectivity index (χ4n) is 3.78. The van der Waals surface area contributed by atoms with E-state index in [0.29, 0.717) is 10.6 Å². The number of benzene rings is 3. The lowest BCUT2D eigenvalue weighted by Crippen LogP contribution is -2.12. The summed E-state index contributed by atoms with van der Waals surface area (Å²) in [6.45, 7) is 1.96. The van der Waals surface area contributed by atoms with Crippen molar-refractivity contribution < 1.29 is 4.79 Å². The molecule has 1 amide bonds. The van der Waals surface area contributed by atoms with Gasteiger partial charge in [-0.25, -0.2) is 4.98 Å². The normalized spacial score (nSPS) is 10.9. The minimum atomic E-state index is -0.222. The Labute approximate surface area is 190 Å². The van der Waals surface area contributed by atoms with Crippen LogP contribution in [0.15, 0.2) is 91.0 Å². The number of pyridine rings is 1. The molecule has 0 radical (unpaired) electrons. The van der Waals surface area contributed by atoms with Crippen LogP contribution in [0.5, 0.6) is 0 Å². The highest BCUT2D eigenvalue weighted by atomic mass is 32.1. The summed E-state index contributed by atoms with van der Waals surface area (Å²) >= 11 is 1.33. The molecule has 3 aromatic carbocycles. The minimum absolute atomic E-state index is 0.222. The smallest absolute Gasteiger partial charge is 0.267 e. The first kappa shape index (κ1) is 20.0. The van der Waals surface area contributed by atoms with Gasteiger partial charge in [0.2, 0.25) is 0 Å². The molecule has 0 atom stereocenters. The predicted molar refractivity (Wildman–Crippen MR) is 134 cm³/mol. The standard InChI is InChI=1S/C27H21N3OS/c1-17-10-8-9-15-21(17)29-26(31)25-24(28)23-20(18-11-4-2-5-12-18)16-22(30-27(23)32-25)19-13-6-3-7-14-19/h2-16H,28H2,1H3,(H,29,31). The molecule has 0 aliphatic heterocycles. The van der Waals surface area contributed by atoms with Crippen molar-refractivity contribution in [3.63, 3.8) is 0 Å². The number of anilines is 2. The Morgan fingerprint density at radius 2 is 1.50 bits per heavy atom. The summed E-state index contributed by atoms with van der Waals surface area (Å²) < 4.78 is 0. The molecule has 0 unspecified atom stereocenters. The van der Waals surface area contributed by atoms with Gasteiger partial charge in [-0.3, -0.25) is 4.79 Å². The van der Waals surface area contributed by atoms with Gasteiger partial charge in [0.15, 0.2) is 0 Å². The van der Waals surface area contributed by atoms with Crippen molar-refractivity contribution in [2.24, 2.45) is 0 Å². The van der Waals surface area contributed by atoms with Gasteiger partial charge in [-0.2, -0.15) is 0 Å². The zero-order valence-electron chi connectivity index (χ0n) is 17.5. The van der Waals surface area contributed by atoms with Crippen molar-refractivity contribution >= 4 is 38.8 Å². The van der Waals surface area contributed by atoms with Crippen LogP contribution in [0, 0.1) is 6.92 Å². The van der Waals surface area contributed by atoms with Gasteiger partial charge in [0.25, 0.3) is 5.91 Å². The van der Waals surface area contributed by atoms with E-state index in [9.17, 15) is 4.79 Å². The number of nitrogen functional groups attached to an aromatic ring is 1. The van der Waals surface area contributed by atoms with Crippen LogP contribution >= 0.6 is 11.3 Å². The van der Waals surface area contributed by atoms with Crippen LogP contribution in [-0.2, 0) is 0 Å². The quantitative estimate of drug-likeness (QED) is 0.327. The van der Waals surface area contributed by atoms with E-state index in [4.69, 9.17) is 10.7 Å². The molecule has 0 saturated heterocycles. The van der Waals surface area contributed by atoms with E-state index in [1.165, 1.54) is 11.3 Å².